The molecule has 0 atom stereocenters. The van der Waals surface area contributed by atoms with Crippen molar-refractivity contribution in [3.05, 3.63) is 60.4 Å². The third kappa shape index (κ3) is 3.65. The fraction of sp³-hybridized carbons (Fsp3) is 0.111. The monoisotopic (exact) mass is 344 g/mol. The molecule has 1 amide bonds. The van der Waals surface area contributed by atoms with Crippen LogP contribution in [0.3, 0.4) is 0 Å². The number of carbonyl (C=O) groups is 1. The van der Waals surface area contributed by atoms with Crippen molar-refractivity contribution in [2.45, 2.75) is 6.61 Å². The highest BCUT2D eigenvalue weighted by molar-refractivity contribution is 6.09. The first kappa shape index (κ1) is 16.6. The molecule has 0 radical (unpaired) electrons. The topological polar surface area (TPSA) is 60.5 Å². The van der Waals surface area contributed by atoms with Crippen LogP contribution in [0.2, 0.25) is 0 Å². The number of pyridine rings is 1. The number of anilines is 1. The highest BCUT2D eigenvalue weighted by Crippen LogP contribution is 2.30. The van der Waals surface area contributed by atoms with Crippen molar-refractivity contribution < 1.29 is 23.0 Å². The fourth-order valence-electron chi connectivity index (χ4n) is 2.43. The molecule has 0 spiro atoms. The van der Waals surface area contributed by atoms with Crippen molar-refractivity contribution in [1.29, 1.82) is 0 Å². The second-order valence-electron chi connectivity index (χ2n) is 5.10. The molecule has 1 N–H and O–H groups in total. The molecule has 1 aromatic heterocycles. The van der Waals surface area contributed by atoms with Crippen molar-refractivity contribution in [3.8, 4) is 11.5 Å². The quantitative estimate of drug-likeness (QED) is 0.757. The summed E-state index contributed by atoms with van der Waals surface area (Å²) in [5, 5.41) is 4.53. The lowest BCUT2D eigenvalue weighted by molar-refractivity contribution is -0.0512. The van der Waals surface area contributed by atoms with Gasteiger partial charge in [-0.25, -0.2) is 0 Å². The van der Waals surface area contributed by atoms with E-state index in [1.165, 1.54) is 25.3 Å². The van der Waals surface area contributed by atoms with Gasteiger partial charge in [0.05, 0.1) is 7.11 Å². The highest BCUT2D eigenvalue weighted by atomic mass is 19.3. The van der Waals surface area contributed by atoms with E-state index in [-0.39, 0.29) is 17.1 Å². The number of amides is 1. The summed E-state index contributed by atoms with van der Waals surface area (Å²) < 4.78 is 34.1. The zero-order chi connectivity index (χ0) is 17.8. The minimum absolute atomic E-state index is 0.0510. The number of rotatable bonds is 5. The molecule has 0 saturated carbocycles. The van der Waals surface area contributed by atoms with E-state index >= 15 is 0 Å². The molecule has 0 aliphatic rings. The molecule has 0 saturated heterocycles. The van der Waals surface area contributed by atoms with Crippen LogP contribution in [0.15, 0.2) is 54.9 Å². The van der Waals surface area contributed by atoms with Crippen LogP contribution in [0.25, 0.3) is 10.8 Å². The van der Waals surface area contributed by atoms with Crippen LogP contribution < -0.4 is 14.8 Å². The van der Waals surface area contributed by atoms with Crippen molar-refractivity contribution in [3.63, 3.8) is 0 Å². The predicted molar refractivity (Wildman–Crippen MR) is 89.3 cm³/mol. The van der Waals surface area contributed by atoms with Gasteiger partial charge in [0.15, 0.2) is 11.5 Å². The molecular weight excluding hydrogens is 330 g/mol. The zero-order valence-electron chi connectivity index (χ0n) is 13.2. The maximum absolute atomic E-state index is 12.5. The van der Waals surface area contributed by atoms with Gasteiger partial charge >= 0.3 is 6.61 Å². The van der Waals surface area contributed by atoms with E-state index < -0.39 is 12.5 Å². The minimum atomic E-state index is -2.97. The van der Waals surface area contributed by atoms with Gasteiger partial charge in [-0.05, 0) is 30.3 Å². The lowest BCUT2D eigenvalue weighted by atomic mass is 10.1. The maximum Gasteiger partial charge on any atom is 0.387 e. The van der Waals surface area contributed by atoms with Crippen molar-refractivity contribution in [2.24, 2.45) is 0 Å². The Morgan fingerprint density at radius 2 is 2.00 bits per heavy atom. The van der Waals surface area contributed by atoms with Crippen LogP contribution >= 0.6 is 0 Å². The third-order valence-corrected chi connectivity index (χ3v) is 3.57. The van der Waals surface area contributed by atoms with E-state index in [4.69, 9.17) is 4.74 Å². The molecule has 128 valence electrons. The van der Waals surface area contributed by atoms with Gasteiger partial charge < -0.3 is 14.8 Å². The number of methoxy groups -OCH3 is 1. The Morgan fingerprint density at radius 1 is 1.16 bits per heavy atom. The number of hydrogen-bond donors (Lipinski definition) is 1. The van der Waals surface area contributed by atoms with Gasteiger partial charge in [0.2, 0.25) is 0 Å². The number of alkyl halides is 2. The first-order valence-corrected chi connectivity index (χ1v) is 7.35. The number of carbonyl (C=O) groups excluding carboxylic acids is 1. The Bertz CT molecular complexity index is 910. The van der Waals surface area contributed by atoms with Crippen LogP contribution in [0.4, 0.5) is 14.5 Å². The van der Waals surface area contributed by atoms with E-state index in [0.29, 0.717) is 5.69 Å². The molecule has 5 nitrogen and oxygen atoms in total. The maximum atomic E-state index is 12.5. The second-order valence-corrected chi connectivity index (χ2v) is 5.10. The van der Waals surface area contributed by atoms with Crippen LogP contribution in [0.1, 0.15) is 10.4 Å². The van der Waals surface area contributed by atoms with Crippen molar-refractivity contribution >= 4 is 22.4 Å². The van der Waals surface area contributed by atoms with E-state index in [0.717, 1.165) is 10.8 Å². The number of aromatic nitrogens is 1. The van der Waals surface area contributed by atoms with Gasteiger partial charge in [0.25, 0.3) is 5.91 Å². The van der Waals surface area contributed by atoms with E-state index in [2.05, 4.69) is 15.0 Å². The Labute approximate surface area is 142 Å². The second kappa shape index (κ2) is 7.12. The predicted octanol–water partition coefficient (Wildman–Crippen LogP) is 4.10. The molecule has 25 heavy (non-hydrogen) atoms. The van der Waals surface area contributed by atoms with E-state index in [9.17, 15) is 13.6 Å². The summed E-state index contributed by atoms with van der Waals surface area (Å²) in [5.74, 6) is -0.480. The number of hydrogen-bond acceptors (Lipinski definition) is 4. The lowest BCUT2D eigenvalue weighted by Crippen LogP contribution is -2.13. The molecule has 0 fully saturated rings. The van der Waals surface area contributed by atoms with Crippen LogP contribution in [0, 0.1) is 0 Å². The number of halogens is 2. The highest BCUT2D eigenvalue weighted by Gasteiger charge is 2.15. The van der Waals surface area contributed by atoms with Crippen LogP contribution in [0.5, 0.6) is 11.5 Å². The van der Waals surface area contributed by atoms with Crippen LogP contribution in [-0.2, 0) is 0 Å². The molecule has 2 aromatic carbocycles. The molecular formula is C18H14F2N2O3. The molecule has 1 heterocycles. The Morgan fingerprint density at radius 3 is 2.76 bits per heavy atom. The number of ether oxygens (including phenoxy) is 2. The molecule has 3 rings (SSSR count). The van der Waals surface area contributed by atoms with Gasteiger partial charge in [-0.2, -0.15) is 8.78 Å². The normalized spacial score (nSPS) is 10.7. The SMILES string of the molecule is COc1cc(C(=O)Nc2cccc3cnccc23)ccc1OC(F)F. The summed E-state index contributed by atoms with van der Waals surface area (Å²) >= 11 is 0. The average Bonchev–Trinajstić information content (AvgIpc) is 2.62. The van der Waals surface area contributed by atoms with Gasteiger partial charge in [-0.15, -0.1) is 0 Å². The first-order chi connectivity index (χ1) is 12.1. The summed E-state index contributed by atoms with van der Waals surface area (Å²) in [7, 11) is 1.31. The Kier molecular flexibility index (Phi) is 4.74. The van der Waals surface area contributed by atoms with Crippen molar-refractivity contribution in [2.75, 3.05) is 12.4 Å². The standard InChI is InChI=1S/C18H14F2N2O3/c1-24-16-9-11(5-6-15(16)25-18(19)20)17(23)22-14-4-2-3-12-10-21-8-7-13(12)14/h2-10,18H,1H3,(H,22,23). The summed E-state index contributed by atoms with van der Waals surface area (Å²) in [6, 6.07) is 11.3. The Balaban J connectivity index is 1.88. The van der Waals surface area contributed by atoms with Gasteiger partial charge in [-0.3, -0.25) is 9.78 Å². The molecule has 0 unspecified atom stereocenters. The third-order valence-electron chi connectivity index (χ3n) is 3.57. The summed E-state index contributed by atoms with van der Waals surface area (Å²) in [4.78, 5) is 16.5. The van der Waals surface area contributed by atoms with E-state index in [1.54, 1.807) is 30.6 Å². The van der Waals surface area contributed by atoms with Gasteiger partial charge in [0, 0.05) is 34.4 Å². The molecule has 3 aromatic rings. The molecule has 0 aliphatic carbocycles. The number of fused-ring (bicyclic) bond motifs is 1. The molecule has 0 bridgehead atoms. The number of nitrogens with zero attached hydrogens (tertiary/aromatic N) is 1. The first-order valence-electron chi connectivity index (χ1n) is 7.35. The summed E-state index contributed by atoms with van der Waals surface area (Å²) in [6.07, 6.45) is 3.34. The van der Waals surface area contributed by atoms with Crippen molar-refractivity contribution in [1.82, 2.24) is 4.98 Å². The zero-order valence-corrected chi connectivity index (χ0v) is 13.2. The summed E-state index contributed by atoms with van der Waals surface area (Å²) in [6.45, 7) is -2.97. The van der Waals surface area contributed by atoms with Gasteiger partial charge in [-0.1, -0.05) is 12.1 Å². The minimum Gasteiger partial charge on any atom is -0.493 e. The van der Waals surface area contributed by atoms with E-state index in [1.807, 2.05) is 6.07 Å². The molecule has 7 heteroatoms. The number of benzene rings is 2. The smallest absolute Gasteiger partial charge is 0.387 e. The fourth-order valence-corrected chi connectivity index (χ4v) is 2.43. The Hall–Kier alpha value is -3.22. The molecule has 0 aliphatic heterocycles. The lowest BCUT2D eigenvalue weighted by Gasteiger charge is -2.12. The van der Waals surface area contributed by atoms with Gasteiger partial charge in [0.1, 0.15) is 0 Å². The number of nitrogens with one attached hydrogen (secondary N) is 1. The van der Waals surface area contributed by atoms with Crippen LogP contribution in [-0.4, -0.2) is 24.6 Å². The summed E-state index contributed by atoms with van der Waals surface area (Å²) in [5.41, 5.74) is 0.876. The average molecular weight is 344 g/mol. The largest absolute Gasteiger partial charge is 0.493 e.